The first-order valence-electron chi connectivity index (χ1n) is 10.7. The number of piperidine rings is 1. The molecule has 0 saturated carbocycles. The van der Waals surface area contributed by atoms with Gasteiger partial charge >= 0.3 is 0 Å². The Morgan fingerprint density at radius 2 is 1.83 bits per heavy atom. The predicted octanol–water partition coefficient (Wildman–Crippen LogP) is 2.49. The van der Waals surface area contributed by atoms with Gasteiger partial charge in [-0.1, -0.05) is 24.3 Å². The van der Waals surface area contributed by atoms with E-state index >= 15 is 0 Å². The summed E-state index contributed by atoms with van der Waals surface area (Å²) in [5.74, 6) is 1.53. The standard InChI is InChI=1S/C24H34N2O4/c1-18-5-3-4-6-19(18)14-25-15-20-13-23(29-2)7-8-24(20)30-17-22(28)16-26-11-9-21(27)10-12-26/h3-8,13,21-22,25,27-28H,9-12,14-17H2,1-2H3. The van der Waals surface area contributed by atoms with Crippen LogP contribution in [0.4, 0.5) is 0 Å². The third kappa shape index (κ3) is 6.71. The summed E-state index contributed by atoms with van der Waals surface area (Å²) in [5.41, 5.74) is 3.53. The van der Waals surface area contributed by atoms with Crippen molar-refractivity contribution in [3.8, 4) is 11.5 Å². The minimum atomic E-state index is -0.574. The van der Waals surface area contributed by atoms with Gasteiger partial charge in [-0.3, -0.25) is 0 Å². The molecule has 30 heavy (non-hydrogen) atoms. The van der Waals surface area contributed by atoms with Crippen molar-refractivity contribution in [2.75, 3.05) is 33.4 Å². The van der Waals surface area contributed by atoms with Gasteiger partial charge in [0.2, 0.25) is 0 Å². The molecule has 6 nitrogen and oxygen atoms in total. The maximum Gasteiger partial charge on any atom is 0.124 e. The van der Waals surface area contributed by atoms with Crippen molar-refractivity contribution in [3.05, 3.63) is 59.2 Å². The lowest BCUT2D eigenvalue weighted by Gasteiger charge is -2.31. The molecule has 1 fully saturated rings. The number of benzene rings is 2. The van der Waals surface area contributed by atoms with E-state index in [1.54, 1.807) is 7.11 Å². The molecule has 1 atom stereocenters. The molecule has 3 rings (SSSR count). The number of hydrogen-bond donors (Lipinski definition) is 3. The highest BCUT2D eigenvalue weighted by Gasteiger charge is 2.20. The number of aryl methyl sites for hydroxylation is 1. The van der Waals surface area contributed by atoms with Crippen molar-refractivity contribution in [2.24, 2.45) is 0 Å². The van der Waals surface area contributed by atoms with Gasteiger partial charge in [-0.25, -0.2) is 0 Å². The zero-order chi connectivity index (χ0) is 21.3. The molecule has 2 aromatic carbocycles. The van der Waals surface area contributed by atoms with Gasteiger partial charge < -0.3 is 29.9 Å². The molecule has 0 radical (unpaired) electrons. The van der Waals surface area contributed by atoms with E-state index in [0.29, 0.717) is 13.1 Å². The third-order valence-electron chi connectivity index (χ3n) is 5.62. The molecule has 2 aromatic rings. The van der Waals surface area contributed by atoms with E-state index in [-0.39, 0.29) is 12.7 Å². The first-order chi connectivity index (χ1) is 14.5. The van der Waals surface area contributed by atoms with Gasteiger partial charge in [0.15, 0.2) is 0 Å². The Hall–Kier alpha value is -2.12. The third-order valence-corrected chi connectivity index (χ3v) is 5.62. The second-order valence-electron chi connectivity index (χ2n) is 8.00. The molecule has 0 spiro atoms. The van der Waals surface area contributed by atoms with Gasteiger partial charge in [0, 0.05) is 38.3 Å². The molecular weight excluding hydrogens is 380 g/mol. The van der Waals surface area contributed by atoms with Crippen LogP contribution >= 0.6 is 0 Å². The highest BCUT2D eigenvalue weighted by Crippen LogP contribution is 2.25. The Morgan fingerprint density at radius 3 is 2.57 bits per heavy atom. The Kier molecular flexibility index (Phi) is 8.51. The molecule has 1 unspecified atom stereocenters. The summed E-state index contributed by atoms with van der Waals surface area (Å²) in [6.45, 7) is 5.94. The van der Waals surface area contributed by atoms with E-state index in [2.05, 4.69) is 35.3 Å². The summed E-state index contributed by atoms with van der Waals surface area (Å²) >= 11 is 0. The molecule has 1 aliphatic heterocycles. The second-order valence-corrected chi connectivity index (χ2v) is 8.00. The predicted molar refractivity (Wildman–Crippen MR) is 118 cm³/mol. The maximum atomic E-state index is 10.4. The fraction of sp³-hybridized carbons (Fsp3) is 0.500. The number of β-amino-alcohol motifs (C(OH)–C–C–N with tert-alkyl or cyclic N) is 1. The molecule has 6 heteroatoms. The quantitative estimate of drug-likeness (QED) is 0.555. The van der Waals surface area contributed by atoms with E-state index in [4.69, 9.17) is 9.47 Å². The number of methoxy groups -OCH3 is 1. The van der Waals surface area contributed by atoms with Crippen LogP contribution in [0.5, 0.6) is 11.5 Å². The molecular formula is C24H34N2O4. The summed E-state index contributed by atoms with van der Waals surface area (Å²) in [6.07, 6.45) is 0.754. The Labute approximate surface area is 179 Å². The van der Waals surface area contributed by atoms with Gasteiger partial charge in [-0.05, 0) is 49.1 Å². The number of nitrogens with one attached hydrogen (secondary N) is 1. The minimum absolute atomic E-state index is 0.205. The van der Waals surface area contributed by atoms with Crippen LogP contribution in [-0.4, -0.2) is 60.7 Å². The Morgan fingerprint density at radius 1 is 1.10 bits per heavy atom. The minimum Gasteiger partial charge on any atom is -0.497 e. The van der Waals surface area contributed by atoms with Crippen LogP contribution in [0.25, 0.3) is 0 Å². The lowest BCUT2D eigenvalue weighted by atomic mass is 10.1. The Bertz CT molecular complexity index is 791. The van der Waals surface area contributed by atoms with Gasteiger partial charge in [-0.15, -0.1) is 0 Å². The number of likely N-dealkylation sites (tertiary alicyclic amines) is 1. The highest BCUT2D eigenvalue weighted by molar-refractivity contribution is 5.40. The molecule has 0 aliphatic carbocycles. The molecule has 164 valence electrons. The van der Waals surface area contributed by atoms with Gasteiger partial charge in [0.05, 0.1) is 13.2 Å². The van der Waals surface area contributed by atoms with E-state index < -0.39 is 6.10 Å². The molecule has 1 aliphatic rings. The average molecular weight is 415 g/mol. The number of hydrogen-bond acceptors (Lipinski definition) is 6. The fourth-order valence-corrected chi connectivity index (χ4v) is 3.74. The van der Waals surface area contributed by atoms with E-state index in [1.807, 2.05) is 24.3 Å². The van der Waals surface area contributed by atoms with Crippen LogP contribution in [0.2, 0.25) is 0 Å². The second kappa shape index (κ2) is 11.3. The SMILES string of the molecule is COc1ccc(OCC(O)CN2CCC(O)CC2)c(CNCc2ccccc2C)c1. The van der Waals surface area contributed by atoms with Crippen molar-refractivity contribution < 1.29 is 19.7 Å². The number of aliphatic hydroxyl groups is 2. The number of ether oxygens (including phenoxy) is 2. The van der Waals surface area contributed by atoms with Gasteiger partial charge in [0.1, 0.15) is 24.2 Å². The summed E-state index contributed by atoms with van der Waals surface area (Å²) in [6, 6.07) is 14.1. The average Bonchev–Trinajstić information content (AvgIpc) is 2.75. The Balaban J connectivity index is 1.54. The van der Waals surface area contributed by atoms with Crippen LogP contribution in [0.3, 0.4) is 0 Å². The molecule has 1 saturated heterocycles. The zero-order valence-corrected chi connectivity index (χ0v) is 18.0. The van der Waals surface area contributed by atoms with Crippen molar-refractivity contribution >= 4 is 0 Å². The monoisotopic (exact) mass is 414 g/mol. The summed E-state index contributed by atoms with van der Waals surface area (Å²) in [7, 11) is 1.65. The lowest BCUT2D eigenvalue weighted by molar-refractivity contribution is 0.0336. The zero-order valence-electron chi connectivity index (χ0n) is 18.0. The largest absolute Gasteiger partial charge is 0.497 e. The van der Waals surface area contributed by atoms with Crippen molar-refractivity contribution in [1.82, 2.24) is 10.2 Å². The molecule has 0 aromatic heterocycles. The van der Waals surface area contributed by atoms with E-state index in [1.165, 1.54) is 11.1 Å². The smallest absolute Gasteiger partial charge is 0.124 e. The van der Waals surface area contributed by atoms with Crippen molar-refractivity contribution in [1.29, 1.82) is 0 Å². The molecule has 0 bridgehead atoms. The summed E-state index contributed by atoms with van der Waals surface area (Å²) in [5, 5.41) is 23.5. The van der Waals surface area contributed by atoms with E-state index in [9.17, 15) is 10.2 Å². The van der Waals surface area contributed by atoms with Gasteiger partial charge in [-0.2, -0.15) is 0 Å². The summed E-state index contributed by atoms with van der Waals surface area (Å²) < 4.78 is 11.3. The number of nitrogens with zero attached hydrogens (tertiary/aromatic N) is 1. The topological polar surface area (TPSA) is 74.2 Å². The van der Waals surface area contributed by atoms with Crippen LogP contribution < -0.4 is 14.8 Å². The van der Waals surface area contributed by atoms with Crippen molar-refractivity contribution in [2.45, 2.75) is 45.1 Å². The normalized spacial score (nSPS) is 16.4. The number of aliphatic hydroxyl groups excluding tert-OH is 2. The van der Waals surface area contributed by atoms with Crippen LogP contribution in [0.1, 0.15) is 29.5 Å². The van der Waals surface area contributed by atoms with E-state index in [0.717, 1.165) is 49.5 Å². The van der Waals surface area contributed by atoms with Crippen LogP contribution in [0.15, 0.2) is 42.5 Å². The lowest BCUT2D eigenvalue weighted by Crippen LogP contribution is -2.41. The van der Waals surface area contributed by atoms with Gasteiger partial charge in [0.25, 0.3) is 0 Å². The van der Waals surface area contributed by atoms with Crippen LogP contribution in [-0.2, 0) is 13.1 Å². The first-order valence-corrected chi connectivity index (χ1v) is 10.7. The molecule has 0 amide bonds. The molecule has 3 N–H and O–H groups in total. The summed E-state index contributed by atoms with van der Waals surface area (Å²) in [4.78, 5) is 2.18. The fourth-order valence-electron chi connectivity index (χ4n) is 3.74. The first kappa shape index (κ1) is 22.6. The highest BCUT2D eigenvalue weighted by atomic mass is 16.5. The molecule has 1 heterocycles. The van der Waals surface area contributed by atoms with Crippen LogP contribution in [0, 0.1) is 6.92 Å². The van der Waals surface area contributed by atoms with Crippen molar-refractivity contribution in [3.63, 3.8) is 0 Å². The number of rotatable bonds is 10. The maximum absolute atomic E-state index is 10.4.